The van der Waals surface area contributed by atoms with Gasteiger partial charge in [-0.15, -0.1) is 0 Å². The molecule has 0 aliphatic heterocycles. The van der Waals surface area contributed by atoms with Crippen molar-refractivity contribution in [3.8, 4) is 5.75 Å². The van der Waals surface area contributed by atoms with E-state index in [1.54, 1.807) is 0 Å². The molecule has 1 heterocycles. The van der Waals surface area contributed by atoms with Crippen LogP contribution in [-0.4, -0.2) is 4.98 Å². The number of rotatable bonds is 7. The minimum absolute atomic E-state index is 0.591. The lowest BCUT2D eigenvalue weighted by atomic mass is 10.1. The molecule has 0 fully saturated rings. The fourth-order valence-electron chi connectivity index (χ4n) is 2.56. The Morgan fingerprint density at radius 3 is 2.33 bits per heavy atom. The Labute approximate surface area is 143 Å². The minimum Gasteiger partial charge on any atom is -0.489 e. The summed E-state index contributed by atoms with van der Waals surface area (Å²) >= 11 is 0. The van der Waals surface area contributed by atoms with Gasteiger partial charge in [0.25, 0.3) is 0 Å². The lowest BCUT2D eigenvalue weighted by Crippen LogP contribution is -2.13. The van der Waals surface area contributed by atoms with Gasteiger partial charge in [0.1, 0.15) is 12.4 Å². The van der Waals surface area contributed by atoms with Gasteiger partial charge in [-0.1, -0.05) is 42.5 Å². The van der Waals surface area contributed by atoms with Gasteiger partial charge >= 0.3 is 0 Å². The Hall–Kier alpha value is -2.65. The first-order valence-electron chi connectivity index (χ1n) is 8.18. The van der Waals surface area contributed by atoms with Gasteiger partial charge in [0.15, 0.2) is 0 Å². The molecule has 0 saturated carbocycles. The number of aromatic nitrogens is 1. The number of hydrogen-bond acceptors (Lipinski definition) is 3. The van der Waals surface area contributed by atoms with Gasteiger partial charge in [0, 0.05) is 31.0 Å². The Balaban J connectivity index is 1.59. The summed E-state index contributed by atoms with van der Waals surface area (Å²) in [6.07, 6.45) is 3.63. The number of hydrogen-bond donors (Lipinski definition) is 1. The molecule has 0 atom stereocenters. The predicted octanol–water partition coefficient (Wildman–Crippen LogP) is 4.26. The van der Waals surface area contributed by atoms with Gasteiger partial charge in [-0.05, 0) is 41.8 Å². The van der Waals surface area contributed by atoms with Gasteiger partial charge in [-0.2, -0.15) is 0 Å². The van der Waals surface area contributed by atoms with Crippen molar-refractivity contribution >= 4 is 0 Å². The van der Waals surface area contributed by atoms with Crippen molar-refractivity contribution in [2.24, 2.45) is 0 Å². The predicted molar refractivity (Wildman–Crippen MR) is 96.7 cm³/mol. The average Bonchev–Trinajstić information content (AvgIpc) is 2.63. The van der Waals surface area contributed by atoms with Crippen LogP contribution in [0.3, 0.4) is 0 Å². The number of nitrogens with zero attached hydrogens (tertiary/aromatic N) is 1. The number of ether oxygens (including phenoxy) is 1. The van der Waals surface area contributed by atoms with E-state index in [2.05, 4.69) is 41.5 Å². The van der Waals surface area contributed by atoms with E-state index in [-0.39, 0.29) is 0 Å². The number of nitrogens with one attached hydrogen (secondary N) is 1. The van der Waals surface area contributed by atoms with Crippen molar-refractivity contribution in [2.75, 3.05) is 0 Å². The van der Waals surface area contributed by atoms with E-state index < -0.39 is 0 Å². The number of benzene rings is 2. The molecule has 0 spiro atoms. The lowest BCUT2D eigenvalue weighted by Gasteiger charge is -2.13. The highest BCUT2D eigenvalue weighted by atomic mass is 16.5. The van der Waals surface area contributed by atoms with Crippen molar-refractivity contribution in [1.82, 2.24) is 10.3 Å². The molecule has 1 N–H and O–H groups in total. The smallest absolute Gasteiger partial charge is 0.124 e. The quantitative estimate of drug-likeness (QED) is 0.707. The molecule has 0 aliphatic rings. The second-order valence-electron chi connectivity index (χ2n) is 5.78. The van der Waals surface area contributed by atoms with Crippen LogP contribution in [0.5, 0.6) is 5.75 Å². The monoisotopic (exact) mass is 318 g/mol. The third-order valence-electron chi connectivity index (χ3n) is 4.01. The maximum atomic E-state index is 6.06. The van der Waals surface area contributed by atoms with E-state index in [0.717, 1.165) is 18.8 Å². The molecule has 0 amide bonds. The molecule has 1 aromatic heterocycles. The molecule has 24 heavy (non-hydrogen) atoms. The van der Waals surface area contributed by atoms with Crippen molar-refractivity contribution in [3.63, 3.8) is 0 Å². The van der Waals surface area contributed by atoms with Crippen molar-refractivity contribution < 1.29 is 4.74 Å². The summed E-state index contributed by atoms with van der Waals surface area (Å²) in [5.74, 6) is 0.933. The largest absolute Gasteiger partial charge is 0.489 e. The summed E-state index contributed by atoms with van der Waals surface area (Å²) in [7, 11) is 0. The molecule has 2 aromatic carbocycles. The van der Waals surface area contributed by atoms with Gasteiger partial charge in [0.05, 0.1) is 0 Å². The maximum Gasteiger partial charge on any atom is 0.124 e. The van der Waals surface area contributed by atoms with E-state index in [1.807, 2.05) is 48.8 Å². The van der Waals surface area contributed by atoms with Crippen molar-refractivity contribution in [2.45, 2.75) is 26.6 Å². The Morgan fingerprint density at radius 1 is 0.833 bits per heavy atom. The molecule has 3 nitrogen and oxygen atoms in total. The number of aryl methyl sites for hydroxylation is 1. The van der Waals surface area contributed by atoms with Gasteiger partial charge in [0.2, 0.25) is 0 Å². The number of para-hydroxylation sites is 1. The highest BCUT2D eigenvalue weighted by molar-refractivity contribution is 5.34. The van der Waals surface area contributed by atoms with Gasteiger partial charge < -0.3 is 10.1 Å². The summed E-state index contributed by atoms with van der Waals surface area (Å²) in [6.45, 7) is 4.29. The zero-order chi connectivity index (χ0) is 16.6. The molecule has 122 valence electrons. The van der Waals surface area contributed by atoms with Crippen LogP contribution in [0.15, 0.2) is 73.1 Å². The number of pyridine rings is 1. The van der Waals surface area contributed by atoms with E-state index in [9.17, 15) is 0 Å². The molecular weight excluding hydrogens is 296 g/mol. The highest BCUT2D eigenvalue weighted by Crippen LogP contribution is 2.20. The second-order valence-corrected chi connectivity index (χ2v) is 5.78. The topological polar surface area (TPSA) is 34.1 Å². The van der Waals surface area contributed by atoms with E-state index in [4.69, 9.17) is 4.74 Å². The molecule has 0 unspecified atom stereocenters. The average molecular weight is 318 g/mol. The van der Waals surface area contributed by atoms with Crippen molar-refractivity contribution in [1.29, 1.82) is 0 Å². The van der Waals surface area contributed by atoms with E-state index >= 15 is 0 Å². The lowest BCUT2D eigenvalue weighted by molar-refractivity contribution is 0.301. The minimum atomic E-state index is 0.591. The summed E-state index contributed by atoms with van der Waals surface area (Å²) in [5.41, 5.74) is 4.87. The SMILES string of the molecule is Cc1ccccc1COc1ccccc1CNCc1ccncc1. The van der Waals surface area contributed by atoms with Crippen LogP contribution in [0.2, 0.25) is 0 Å². The maximum absolute atomic E-state index is 6.06. The van der Waals surface area contributed by atoms with Crippen LogP contribution < -0.4 is 10.1 Å². The van der Waals surface area contributed by atoms with Gasteiger partial charge in [-0.25, -0.2) is 0 Å². The first-order chi connectivity index (χ1) is 11.8. The Kier molecular flexibility index (Phi) is 5.59. The van der Waals surface area contributed by atoms with Crippen LogP contribution in [0.25, 0.3) is 0 Å². The summed E-state index contributed by atoms with van der Waals surface area (Å²) < 4.78 is 6.06. The van der Waals surface area contributed by atoms with Crippen LogP contribution >= 0.6 is 0 Å². The van der Waals surface area contributed by atoms with E-state index in [0.29, 0.717) is 6.61 Å². The van der Waals surface area contributed by atoms with E-state index in [1.165, 1.54) is 22.3 Å². The van der Waals surface area contributed by atoms with Gasteiger partial charge in [-0.3, -0.25) is 4.98 Å². The normalized spacial score (nSPS) is 10.5. The van der Waals surface area contributed by atoms with Crippen molar-refractivity contribution in [3.05, 3.63) is 95.3 Å². The Morgan fingerprint density at radius 2 is 1.54 bits per heavy atom. The molecule has 3 rings (SSSR count). The second kappa shape index (κ2) is 8.27. The van der Waals surface area contributed by atoms with Crippen LogP contribution in [0.1, 0.15) is 22.3 Å². The molecule has 0 aliphatic carbocycles. The Bertz CT molecular complexity index is 772. The fourth-order valence-corrected chi connectivity index (χ4v) is 2.56. The standard InChI is InChI=1S/C21H22N2O/c1-17-6-2-3-8-20(17)16-24-21-9-5-4-7-19(21)15-23-14-18-10-12-22-13-11-18/h2-13,23H,14-16H2,1H3. The summed E-state index contributed by atoms with van der Waals surface area (Å²) in [5, 5.41) is 3.46. The molecule has 3 aromatic rings. The molecule has 0 radical (unpaired) electrons. The first kappa shape index (κ1) is 16.2. The molecule has 0 bridgehead atoms. The summed E-state index contributed by atoms with van der Waals surface area (Å²) in [4.78, 5) is 4.04. The van der Waals surface area contributed by atoms with Crippen LogP contribution in [-0.2, 0) is 19.7 Å². The third kappa shape index (κ3) is 4.43. The first-order valence-corrected chi connectivity index (χ1v) is 8.18. The molecule has 0 saturated heterocycles. The molecule has 3 heteroatoms. The highest BCUT2D eigenvalue weighted by Gasteiger charge is 2.04. The summed E-state index contributed by atoms with van der Waals surface area (Å²) in [6, 6.07) is 20.6. The third-order valence-corrected chi connectivity index (χ3v) is 4.01. The molecular formula is C21H22N2O. The van der Waals surface area contributed by atoms with Crippen LogP contribution in [0.4, 0.5) is 0 Å². The van der Waals surface area contributed by atoms with Crippen LogP contribution in [0, 0.1) is 6.92 Å². The zero-order valence-corrected chi connectivity index (χ0v) is 13.9. The fraction of sp³-hybridized carbons (Fsp3) is 0.190. The zero-order valence-electron chi connectivity index (χ0n) is 13.9.